The molecule has 0 fully saturated rings. The van der Waals surface area contributed by atoms with Gasteiger partial charge in [0.1, 0.15) is 5.75 Å². The first-order chi connectivity index (χ1) is 7.76. The highest BCUT2D eigenvalue weighted by molar-refractivity contribution is 5.28. The zero-order chi connectivity index (χ0) is 11.8. The van der Waals surface area contributed by atoms with E-state index in [2.05, 4.69) is 37.4 Å². The Morgan fingerprint density at radius 3 is 2.88 bits per heavy atom. The molecule has 0 aliphatic carbocycles. The minimum Gasteiger partial charge on any atom is -0.497 e. The van der Waals surface area contributed by atoms with Crippen LogP contribution in [0.5, 0.6) is 5.75 Å². The molecule has 1 rings (SSSR count). The summed E-state index contributed by atoms with van der Waals surface area (Å²) in [5.74, 6) is 0.951. The summed E-state index contributed by atoms with van der Waals surface area (Å²) in [6, 6.07) is 8.91. The molecule has 0 spiro atoms. The Kier molecular flexibility index (Phi) is 5.94. The van der Waals surface area contributed by atoms with Crippen molar-refractivity contribution in [2.75, 3.05) is 13.7 Å². The summed E-state index contributed by atoms with van der Waals surface area (Å²) in [6.45, 7) is 5.55. The van der Waals surface area contributed by atoms with Crippen molar-refractivity contribution in [2.45, 2.75) is 39.2 Å². The van der Waals surface area contributed by atoms with E-state index in [-0.39, 0.29) is 0 Å². The van der Waals surface area contributed by atoms with E-state index in [0.717, 1.165) is 18.7 Å². The van der Waals surface area contributed by atoms with Gasteiger partial charge in [0, 0.05) is 6.04 Å². The molecular formula is C14H23NO. The maximum atomic E-state index is 5.21. The molecule has 0 aliphatic rings. The molecule has 1 atom stereocenters. The number of ether oxygens (including phenoxy) is 1. The SMILES string of the molecule is CCCNC(C)CCc1cccc(OC)c1. The van der Waals surface area contributed by atoms with Crippen LogP contribution in [0.4, 0.5) is 0 Å². The normalized spacial score (nSPS) is 12.4. The van der Waals surface area contributed by atoms with Crippen molar-refractivity contribution in [3.05, 3.63) is 29.8 Å². The molecule has 1 unspecified atom stereocenters. The van der Waals surface area contributed by atoms with Gasteiger partial charge in [-0.1, -0.05) is 19.1 Å². The topological polar surface area (TPSA) is 21.3 Å². The lowest BCUT2D eigenvalue weighted by Gasteiger charge is -2.13. The molecule has 0 amide bonds. The molecule has 0 aliphatic heterocycles. The van der Waals surface area contributed by atoms with Crippen LogP contribution in [-0.2, 0) is 6.42 Å². The van der Waals surface area contributed by atoms with Crippen LogP contribution < -0.4 is 10.1 Å². The third kappa shape index (κ3) is 4.67. The fourth-order valence-corrected chi connectivity index (χ4v) is 1.70. The summed E-state index contributed by atoms with van der Waals surface area (Å²) in [4.78, 5) is 0. The highest BCUT2D eigenvalue weighted by atomic mass is 16.5. The summed E-state index contributed by atoms with van der Waals surface area (Å²) in [5.41, 5.74) is 1.35. The smallest absolute Gasteiger partial charge is 0.119 e. The van der Waals surface area contributed by atoms with E-state index in [9.17, 15) is 0 Å². The number of methoxy groups -OCH3 is 1. The summed E-state index contributed by atoms with van der Waals surface area (Å²) in [7, 11) is 1.71. The number of hydrogen-bond acceptors (Lipinski definition) is 2. The Balaban J connectivity index is 2.35. The first kappa shape index (κ1) is 13.0. The minimum atomic E-state index is 0.589. The second kappa shape index (κ2) is 7.29. The van der Waals surface area contributed by atoms with Crippen LogP contribution in [-0.4, -0.2) is 19.7 Å². The molecule has 0 saturated heterocycles. The average Bonchev–Trinajstić information content (AvgIpc) is 2.34. The first-order valence-electron chi connectivity index (χ1n) is 6.12. The van der Waals surface area contributed by atoms with Gasteiger partial charge in [-0.2, -0.15) is 0 Å². The molecule has 0 bridgehead atoms. The highest BCUT2D eigenvalue weighted by Gasteiger charge is 2.02. The zero-order valence-electron chi connectivity index (χ0n) is 10.6. The van der Waals surface area contributed by atoms with Gasteiger partial charge in [0.15, 0.2) is 0 Å². The van der Waals surface area contributed by atoms with Crippen LogP contribution in [0, 0.1) is 0 Å². The van der Waals surface area contributed by atoms with E-state index in [1.54, 1.807) is 7.11 Å². The van der Waals surface area contributed by atoms with Gasteiger partial charge in [-0.05, 0) is 50.4 Å². The van der Waals surface area contributed by atoms with E-state index in [4.69, 9.17) is 4.74 Å². The fraction of sp³-hybridized carbons (Fsp3) is 0.571. The molecule has 1 N–H and O–H groups in total. The Hall–Kier alpha value is -1.02. The molecule has 16 heavy (non-hydrogen) atoms. The average molecular weight is 221 g/mol. The quantitative estimate of drug-likeness (QED) is 0.764. The van der Waals surface area contributed by atoms with Gasteiger partial charge in [-0.15, -0.1) is 0 Å². The lowest BCUT2D eigenvalue weighted by atomic mass is 10.1. The molecule has 1 aromatic carbocycles. The first-order valence-corrected chi connectivity index (χ1v) is 6.12. The number of rotatable bonds is 7. The lowest BCUT2D eigenvalue weighted by Crippen LogP contribution is -2.27. The van der Waals surface area contributed by atoms with E-state index < -0.39 is 0 Å². The molecular weight excluding hydrogens is 198 g/mol. The molecule has 0 saturated carbocycles. The molecule has 1 aromatic rings. The van der Waals surface area contributed by atoms with Gasteiger partial charge in [0.25, 0.3) is 0 Å². The van der Waals surface area contributed by atoms with E-state index in [0.29, 0.717) is 6.04 Å². The van der Waals surface area contributed by atoms with Gasteiger partial charge < -0.3 is 10.1 Å². The van der Waals surface area contributed by atoms with E-state index in [1.807, 2.05) is 6.07 Å². The number of hydrogen-bond donors (Lipinski definition) is 1. The summed E-state index contributed by atoms with van der Waals surface area (Å²) in [5, 5.41) is 3.50. The standard InChI is InChI=1S/C14H23NO/c1-4-10-15-12(2)8-9-13-6-5-7-14(11-13)16-3/h5-7,11-12,15H,4,8-10H2,1-3H3. The van der Waals surface area contributed by atoms with Gasteiger partial charge in [0.05, 0.1) is 7.11 Å². The molecule has 2 nitrogen and oxygen atoms in total. The molecule has 90 valence electrons. The monoisotopic (exact) mass is 221 g/mol. The molecule has 0 heterocycles. The van der Waals surface area contributed by atoms with Gasteiger partial charge in [-0.25, -0.2) is 0 Å². The van der Waals surface area contributed by atoms with Gasteiger partial charge >= 0.3 is 0 Å². The van der Waals surface area contributed by atoms with Crippen molar-refractivity contribution in [3.8, 4) is 5.75 Å². The van der Waals surface area contributed by atoms with Crippen molar-refractivity contribution in [1.82, 2.24) is 5.32 Å². The minimum absolute atomic E-state index is 0.589. The predicted molar refractivity (Wildman–Crippen MR) is 69.1 cm³/mol. The third-order valence-corrected chi connectivity index (χ3v) is 2.74. The molecule has 0 radical (unpaired) electrons. The summed E-state index contributed by atoms with van der Waals surface area (Å²) >= 11 is 0. The third-order valence-electron chi connectivity index (χ3n) is 2.74. The fourth-order valence-electron chi connectivity index (χ4n) is 1.70. The van der Waals surface area contributed by atoms with Gasteiger partial charge in [0.2, 0.25) is 0 Å². The van der Waals surface area contributed by atoms with E-state index in [1.165, 1.54) is 18.4 Å². The summed E-state index contributed by atoms with van der Waals surface area (Å²) < 4.78 is 5.21. The van der Waals surface area contributed by atoms with Crippen LogP contribution in [0.3, 0.4) is 0 Å². The zero-order valence-corrected chi connectivity index (χ0v) is 10.6. The molecule has 2 heteroatoms. The summed E-state index contributed by atoms with van der Waals surface area (Å²) in [6.07, 6.45) is 3.48. The highest BCUT2D eigenvalue weighted by Crippen LogP contribution is 2.14. The lowest BCUT2D eigenvalue weighted by molar-refractivity contribution is 0.414. The second-order valence-corrected chi connectivity index (χ2v) is 4.25. The van der Waals surface area contributed by atoms with Crippen molar-refractivity contribution in [1.29, 1.82) is 0 Å². The van der Waals surface area contributed by atoms with Crippen molar-refractivity contribution >= 4 is 0 Å². The Bertz CT molecular complexity index is 299. The molecule has 0 aromatic heterocycles. The second-order valence-electron chi connectivity index (χ2n) is 4.25. The predicted octanol–water partition coefficient (Wildman–Crippen LogP) is 3.02. The maximum absolute atomic E-state index is 5.21. The number of aryl methyl sites for hydroxylation is 1. The van der Waals surface area contributed by atoms with Crippen molar-refractivity contribution < 1.29 is 4.74 Å². The van der Waals surface area contributed by atoms with Crippen LogP contribution >= 0.6 is 0 Å². The van der Waals surface area contributed by atoms with Crippen LogP contribution in [0.25, 0.3) is 0 Å². The van der Waals surface area contributed by atoms with Crippen molar-refractivity contribution in [3.63, 3.8) is 0 Å². The Morgan fingerprint density at radius 2 is 2.19 bits per heavy atom. The van der Waals surface area contributed by atoms with Crippen LogP contribution in [0.1, 0.15) is 32.3 Å². The Morgan fingerprint density at radius 1 is 1.38 bits per heavy atom. The van der Waals surface area contributed by atoms with Crippen LogP contribution in [0.2, 0.25) is 0 Å². The van der Waals surface area contributed by atoms with Crippen LogP contribution in [0.15, 0.2) is 24.3 Å². The van der Waals surface area contributed by atoms with E-state index >= 15 is 0 Å². The number of nitrogens with one attached hydrogen (secondary N) is 1. The van der Waals surface area contributed by atoms with Gasteiger partial charge in [-0.3, -0.25) is 0 Å². The maximum Gasteiger partial charge on any atom is 0.119 e. The number of benzene rings is 1. The Labute approximate surface area is 99.0 Å². The van der Waals surface area contributed by atoms with Crippen molar-refractivity contribution in [2.24, 2.45) is 0 Å². The largest absolute Gasteiger partial charge is 0.497 e.